The van der Waals surface area contributed by atoms with Crippen LogP contribution < -0.4 is 5.32 Å². The fraction of sp³-hybridized carbons (Fsp3) is 0.370. The molecule has 1 aliphatic carbocycles. The van der Waals surface area contributed by atoms with Crippen molar-refractivity contribution in [2.75, 3.05) is 0 Å². The Balaban J connectivity index is 1.60. The summed E-state index contributed by atoms with van der Waals surface area (Å²) in [7, 11) is 0. The normalized spacial score (nSPS) is 18.5. The van der Waals surface area contributed by atoms with E-state index in [0.717, 1.165) is 29.8 Å². The van der Waals surface area contributed by atoms with Gasteiger partial charge in [0.1, 0.15) is 0 Å². The van der Waals surface area contributed by atoms with Crippen LogP contribution in [-0.4, -0.2) is 21.5 Å². The third-order valence-corrected chi connectivity index (χ3v) is 6.83. The molecule has 4 heteroatoms. The summed E-state index contributed by atoms with van der Waals surface area (Å²) in [6.45, 7) is 5.01. The predicted octanol–water partition coefficient (Wildman–Crippen LogP) is 6.16. The second-order valence-electron chi connectivity index (χ2n) is 9.21. The summed E-state index contributed by atoms with van der Waals surface area (Å²) < 4.78 is 2.25. The molecule has 1 aliphatic heterocycles. The Kier molecular flexibility index (Phi) is 5.31. The van der Waals surface area contributed by atoms with Crippen LogP contribution in [0.3, 0.4) is 0 Å². The van der Waals surface area contributed by atoms with Gasteiger partial charge in [-0.25, -0.2) is 4.79 Å². The van der Waals surface area contributed by atoms with Crippen LogP contribution in [0.1, 0.15) is 73.9 Å². The molecule has 0 spiro atoms. The van der Waals surface area contributed by atoms with Crippen LogP contribution in [0, 0.1) is 0 Å². The van der Waals surface area contributed by atoms with Gasteiger partial charge in [0.25, 0.3) is 0 Å². The highest BCUT2D eigenvalue weighted by Gasteiger charge is 2.34. The number of aromatic nitrogens is 1. The molecule has 3 aromatic rings. The van der Waals surface area contributed by atoms with Crippen LogP contribution in [-0.2, 0) is 6.54 Å². The van der Waals surface area contributed by atoms with E-state index in [1.54, 1.807) is 0 Å². The van der Waals surface area contributed by atoms with Gasteiger partial charge in [-0.15, -0.1) is 0 Å². The average Bonchev–Trinajstić information content (AvgIpc) is 3.44. The molecule has 160 valence electrons. The van der Waals surface area contributed by atoms with Gasteiger partial charge in [-0.3, -0.25) is 0 Å². The van der Waals surface area contributed by atoms with Crippen molar-refractivity contribution in [1.29, 1.82) is 0 Å². The predicted molar refractivity (Wildman–Crippen MR) is 124 cm³/mol. The number of urea groups is 1. The molecule has 1 saturated carbocycles. The molecule has 31 heavy (non-hydrogen) atoms. The zero-order valence-corrected chi connectivity index (χ0v) is 18.4. The highest BCUT2D eigenvalue weighted by molar-refractivity contribution is 5.76. The van der Waals surface area contributed by atoms with Crippen LogP contribution in [0.2, 0.25) is 0 Å². The SMILES string of the molecule is CC(C)c1ccc([C@H]2c3cccn3-c3ccccc3CN2C(=O)NC2CCCC2)cc1. The van der Waals surface area contributed by atoms with Gasteiger partial charge in [-0.1, -0.05) is 69.2 Å². The van der Waals surface area contributed by atoms with Gasteiger partial charge in [0.15, 0.2) is 0 Å². The first-order valence-electron chi connectivity index (χ1n) is 11.5. The van der Waals surface area contributed by atoms with E-state index in [9.17, 15) is 4.79 Å². The van der Waals surface area contributed by atoms with Crippen LogP contribution >= 0.6 is 0 Å². The molecule has 0 saturated heterocycles. The summed E-state index contributed by atoms with van der Waals surface area (Å²) in [5.41, 5.74) is 5.92. The lowest BCUT2D eigenvalue weighted by Gasteiger charge is -2.32. The van der Waals surface area contributed by atoms with E-state index in [1.807, 2.05) is 4.90 Å². The Labute approximate surface area is 184 Å². The van der Waals surface area contributed by atoms with Crippen molar-refractivity contribution in [2.24, 2.45) is 0 Å². The summed E-state index contributed by atoms with van der Waals surface area (Å²) in [6, 6.07) is 21.7. The molecule has 1 N–H and O–H groups in total. The fourth-order valence-electron chi connectivity index (χ4n) is 5.08. The first kappa shape index (κ1) is 19.9. The van der Waals surface area contributed by atoms with Gasteiger partial charge in [-0.2, -0.15) is 0 Å². The van der Waals surface area contributed by atoms with E-state index >= 15 is 0 Å². The number of hydrogen-bond acceptors (Lipinski definition) is 1. The van der Waals surface area contributed by atoms with Crippen molar-refractivity contribution >= 4 is 6.03 Å². The van der Waals surface area contributed by atoms with Crippen molar-refractivity contribution < 1.29 is 4.79 Å². The molecule has 0 unspecified atom stereocenters. The lowest BCUT2D eigenvalue weighted by molar-refractivity contribution is 0.176. The van der Waals surface area contributed by atoms with E-state index in [4.69, 9.17) is 0 Å². The minimum Gasteiger partial charge on any atom is -0.335 e. The first-order valence-corrected chi connectivity index (χ1v) is 11.5. The maximum atomic E-state index is 13.6. The number of carbonyl (C=O) groups excluding carboxylic acids is 1. The Hall–Kier alpha value is -3.01. The molecule has 2 amide bonds. The quantitative estimate of drug-likeness (QED) is 0.549. The summed E-state index contributed by atoms with van der Waals surface area (Å²) in [5.74, 6) is 0.484. The molecular formula is C27H31N3O. The lowest BCUT2D eigenvalue weighted by Crippen LogP contribution is -2.45. The van der Waals surface area contributed by atoms with Crippen molar-refractivity contribution in [2.45, 2.75) is 64.1 Å². The molecule has 4 nitrogen and oxygen atoms in total. The van der Waals surface area contributed by atoms with Gasteiger partial charge in [0, 0.05) is 17.9 Å². The van der Waals surface area contributed by atoms with Gasteiger partial charge < -0.3 is 14.8 Å². The molecule has 0 bridgehead atoms. The largest absolute Gasteiger partial charge is 0.335 e. The van der Waals surface area contributed by atoms with Gasteiger partial charge in [-0.05, 0) is 53.6 Å². The topological polar surface area (TPSA) is 37.3 Å². The summed E-state index contributed by atoms with van der Waals surface area (Å²) in [6.07, 6.45) is 6.69. The number of rotatable bonds is 3. The van der Waals surface area contributed by atoms with E-state index in [2.05, 4.69) is 90.6 Å². The summed E-state index contributed by atoms with van der Waals surface area (Å²) in [5, 5.41) is 3.34. The molecule has 0 radical (unpaired) electrons. The number of amides is 2. The van der Waals surface area contributed by atoms with Crippen LogP contribution in [0.5, 0.6) is 0 Å². The standard InChI is InChI=1S/C27H31N3O/c1-19(2)20-13-15-21(16-14-20)26-25-12-7-17-29(25)24-11-6-3-8-22(24)18-30(26)27(31)28-23-9-4-5-10-23/h3,6-8,11-17,19,23,26H,4-5,9-10,18H2,1-2H3,(H,28,31)/t26-/m0/s1. The van der Waals surface area contributed by atoms with Crippen molar-refractivity contribution in [3.63, 3.8) is 0 Å². The highest BCUT2D eigenvalue weighted by Crippen LogP contribution is 2.37. The Morgan fingerprint density at radius 1 is 0.968 bits per heavy atom. The number of hydrogen-bond donors (Lipinski definition) is 1. The molecule has 2 heterocycles. The van der Waals surface area contributed by atoms with Gasteiger partial charge >= 0.3 is 6.03 Å². The number of nitrogens with zero attached hydrogens (tertiary/aromatic N) is 2. The zero-order chi connectivity index (χ0) is 21.4. The van der Waals surface area contributed by atoms with Gasteiger partial charge in [0.05, 0.1) is 18.3 Å². The lowest BCUT2D eigenvalue weighted by atomic mass is 9.97. The van der Waals surface area contributed by atoms with Crippen molar-refractivity contribution in [3.05, 3.63) is 89.2 Å². The summed E-state index contributed by atoms with van der Waals surface area (Å²) >= 11 is 0. The third-order valence-electron chi connectivity index (χ3n) is 6.83. The summed E-state index contributed by atoms with van der Waals surface area (Å²) in [4.78, 5) is 15.6. The molecule has 1 fully saturated rings. The second-order valence-corrected chi connectivity index (χ2v) is 9.21. The molecule has 2 aliphatic rings. The maximum absolute atomic E-state index is 13.6. The number of fused-ring (bicyclic) bond motifs is 3. The molecule has 1 aromatic heterocycles. The van der Waals surface area contributed by atoms with Crippen LogP contribution in [0.4, 0.5) is 4.79 Å². The number of para-hydroxylation sites is 1. The Morgan fingerprint density at radius 3 is 2.45 bits per heavy atom. The van der Waals surface area contributed by atoms with Crippen molar-refractivity contribution in [1.82, 2.24) is 14.8 Å². The molecule has 5 rings (SSSR count). The number of nitrogens with one attached hydrogen (secondary N) is 1. The fourth-order valence-corrected chi connectivity index (χ4v) is 5.08. The van der Waals surface area contributed by atoms with E-state index in [-0.39, 0.29) is 12.1 Å². The van der Waals surface area contributed by atoms with Crippen molar-refractivity contribution in [3.8, 4) is 5.69 Å². The maximum Gasteiger partial charge on any atom is 0.318 e. The number of carbonyl (C=O) groups is 1. The van der Waals surface area contributed by atoms with Crippen LogP contribution in [0.15, 0.2) is 66.9 Å². The minimum atomic E-state index is -0.134. The monoisotopic (exact) mass is 413 g/mol. The minimum absolute atomic E-state index is 0.0364. The molecule has 1 atom stereocenters. The van der Waals surface area contributed by atoms with E-state index < -0.39 is 0 Å². The van der Waals surface area contributed by atoms with Crippen LogP contribution in [0.25, 0.3) is 5.69 Å². The third kappa shape index (κ3) is 3.76. The Bertz CT molecular complexity index is 1060. The first-order chi connectivity index (χ1) is 15.1. The van der Waals surface area contributed by atoms with E-state index in [1.165, 1.54) is 24.0 Å². The van der Waals surface area contributed by atoms with Gasteiger partial charge in [0.2, 0.25) is 0 Å². The highest BCUT2D eigenvalue weighted by atomic mass is 16.2. The number of benzene rings is 2. The second kappa shape index (κ2) is 8.26. The smallest absolute Gasteiger partial charge is 0.318 e. The Morgan fingerprint density at radius 2 is 1.71 bits per heavy atom. The molecule has 2 aromatic carbocycles. The molecular weight excluding hydrogens is 382 g/mol. The zero-order valence-electron chi connectivity index (χ0n) is 18.4. The average molecular weight is 414 g/mol. The van der Waals surface area contributed by atoms with E-state index in [0.29, 0.717) is 18.5 Å².